The summed E-state index contributed by atoms with van der Waals surface area (Å²) in [5, 5.41) is 13.4. The largest absolute Gasteiger partial charge is 0.416 e. The van der Waals surface area contributed by atoms with Crippen molar-refractivity contribution >= 4 is 21.5 Å². The van der Waals surface area contributed by atoms with E-state index in [1.54, 1.807) is 4.90 Å². The number of rotatable bonds is 5. The Morgan fingerprint density at radius 3 is 2.45 bits per heavy atom. The third-order valence-electron chi connectivity index (χ3n) is 6.26. The molecule has 1 atom stereocenters. The summed E-state index contributed by atoms with van der Waals surface area (Å²) in [5.41, 5.74) is -1.41. The smallest absolute Gasteiger partial charge is 0.388 e. The Morgan fingerprint density at radius 2 is 1.82 bits per heavy atom. The van der Waals surface area contributed by atoms with Crippen molar-refractivity contribution in [2.45, 2.75) is 43.5 Å². The van der Waals surface area contributed by atoms with Crippen molar-refractivity contribution in [2.24, 2.45) is 0 Å². The summed E-state index contributed by atoms with van der Waals surface area (Å²) < 4.78 is 77.1. The summed E-state index contributed by atoms with van der Waals surface area (Å²) in [6.07, 6.45) is -1.82. The second-order valence-corrected chi connectivity index (χ2v) is 10.9. The SMILES string of the molecule is O=S1(=O)CCC(O)(CNc2ncnc(N3CCCC3c3ccc(C(F)(F)F)cc3)c2F)CC1. The number of hydrogen-bond donors (Lipinski definition) is 2. The molecule has 0 bridgehead atoms. The number of aromatic nitrogens is 2. The van der Waals surface area contributed by atoms with Gasteiger partial charge in [-0.15, -0.1) is 0 Å². The van der Waals surface area contributed by atoms with Gasteiger partial charge >= 0.3 is 6.18 Å². The van der Waals surface area contributed by atoms with Gasteiger partial charge in [-0.1, -0.05) is 12.1 Å². The third kappa shape index (κ3) is 5.21. The molecular weight excluding hydrogens is 464 g/mol. The summed E-state index contributed by atoms with van der Waals surface area (Å²) in [4.78, 5) is 9.68. The fourth-order valence-corrected chi connectivity index (χ4v) is 5.87. The Hall–Kier alpha value is -2.47. The highest BCUT2D eigenvalue weighted by Crippen LogP contribution is 2.38. The van der Waals surface area contributed by atoms with Crippen LogP contribution in [0, 0.1) is 5.82 Å². The minimum Gasteiger partial charge on any atom is -0.388 e. The lowest BCUT2D eigenvalue weighted by atomic mass is 9.97. The van der Waals surface area contributed by atoms with Gasteiger partial charge in [-0.2, -0.15) is 17.6 Å². The van der Waals surface area contributed by atoms with Crippen LogP contribution in [-0.4, -0.2) is 53.7 Å². The van der Waals surface area contributed by atoms with Crippen LogP contribution in [0.25, 0.3) is 0 Å². The van der Waals surface area contributed by atoms with Crippen LogP contribution in [0.4, 0.5) is 29.2 Å². The van der Waals surface area contributed by atoms with Gasteiger partial charge in [0.15, 0.2) is 21.5 Å². The van der Waals surface area contributed by atoms with E-state index in [0.29, 0.717) is 24.9 Å². The summed E-state index contributed by atoms with van der Waals surface area (Å²) in [6, 6.07) is 4.49. The molecule has 33 heavy (non-hydrogen) atoms. The first-order valence-electron chi connectivity index (χ1n) is 10.6. The van der Waals surface area contributed by atoms with Crippen molar-refractivity contribution in [3.63, 3.8) is 0 Å². The lowest BCUT2D eigenvalue weighted by Crippen LogP contribution is -2.44. The van der Waals surface area contributed by atoms with E-state index >= 15 is 4.39 Å². The Kier molecular flexibility index (Phi) is 6.25. The molecule has 2 aliphatic heterocycles. The maximum atomic E-state index is 15.3. The van der Waals surface area contributed by atoms with Gasteiger partial charge in [-0.3, -0.25) is 0 Å². The predicted molar refractivity (Wildman–Crippen MR) is 114 cm³/mol. The van der Waals surface area contributed by atoms with Gasteiger partial charge < -0.3 is 15.3 Å². The van der Waals surface area contributed by atoms with Crippen LogP contribution in [0.15, 0.2) is 30.6 Å². The molecule has 12 heteroatoms. The van der Waals surface area contributed by atoms with E-state index in [4.69, 9.17) is 0 Å². The molecule has 1 aromatic heterocycles. The summed E-state index contributed by atoms with van der Waals surface area (Å²) >= 11 is 0. The molecule has 4 rings (SSSR count). The Morgan fingerprint density at radius 1 is 1.15 bits per heavy atom. The van der Waals surface area contributed by atoms with E-state index in [-0.39, 0.29) is 48.6 Å². The molecule has 0 saturated carbocycles. The quantitative estimate of drug-likeness (QED) is 0.624. The van der Waals surface area contributed by atoms with Crippen LogP contribution in [0.1, 0.15) is 42.9 Å². The molecule has 180 valence electrons. The second-order valence-electron chi connectivity index (χ2n) is 8.56. The second kappa shape index (κ2) is 8.71. The van der Waals surface area contributed by atoms with Crippen LogP contribution in [0.5, 0.6) is 0 Å². The van der Waals surface area contributed by atoms with Crippen molar-refractivity contribution in [1.29, 1.82) is 0 Å². The zero-order valence-corrected chi connectivity index (χ0v) is 18.5. The summed E-state index contributed by atoms with van der Waals surface area (Å²) in [5.74, 6) is -1.10. The molecule has 2 aliphatic rings. The van der Waals surface area contributed by atoms with Crippen molar-refractivity contribution in [3.05, 3.63) is 47.5 Å². The number of benzene rings is 1. The fraction of sp³-hybridized carbons (Fsp3) is 0.524. The normalized spacial score (nSPS) is 22.3. The number of hydrogen-bond acceptors (Lipinski definition) is 7. The van der Waals surface area contributed by atoms with Crippen molar-refractivity contribution in [1.82, 2.24) is 9.97 Å². The average Bonchev–Trinajstić information content (AvgIpc) is 3.25. The maximum Gasteiger partial charge on any atom is 0.416 e. The molecule has 0 radical (unpaired) electrons. The first-order chi connectivity index (χ1) is 15.5. The van der Waals surface area contributed by atoms with E-state index in [2.05, 4.69) is 15.3 Å². The number of alkyl halides is 3. The first-order valence-corrected chi connectivity index (χ1v) is 12.4. The van der Waals surface area contributed by atoms with E-state index in [1.165, 1.54) is 18.5 Å². The van der Waals surface area contributed by atoms with Crippen LogP contribution < -0.4 is 10.2 Å². The van der Waals surface area contributed by atoms with Gasteiger partial charge in [-0.25, -0.2) is 18.4 Å². The number of halogens is 4. The highest BCUT2D eigenvalue weighted by molar-refractivity contribution is 7.91. The molecule has 2 aromatic rings. The lowest BCUT2D eigenvalue weighted by Gasteiger charge is -2.32. The molecule has 2 fully saturated rings. The fourth-order valence-electron chi connectivity index (χ4n) is 4.29. The van der Waals surface area contributed by atoms with E-state index in [0.717, 1.165) is 12.1 Å². The van der Waals surface area contributed by atoms with Crippen LogP contribution in [0.2, 0.25) is 0 Å². The number of anilines is 2. The maximum absolute atomic E-state index is 15.3. The molecule has 2 N–H and O–H groups in total. The predicted octanol–water partition coefficient (Wildman–Crippen LogP) is 3.33. The van der Waals surface area contributed by atoms with Gasteiger partial charge in [0.2, 0.25) is 5.82 Å². The van der Waals surface area contributed by atoms with E-state index < -0.39 is 33.0 Å². The molecule has 0 aliphatic carbocycles. The van der Waals surface area contributed by atoms with Crippen LogP contribution in [-0.2, 0) is 16.0 Å². The molecule has 0 amide bonds. The molecule has 2 saturated heterocycles. The zero-order chi connectivity index (χ0) is 23.9. The average molecular weight is 489 g/mol. The molecule has 3 heterocycles. The molecule has 1 aromatic carbocycles. The number of aliphatic hydroxyl groups is 1. The van der Waals surface area contributed by atoms with Crippen molar-refractivity contribution in [2.75, 3.05) is 34.8 Å². The number of nitrogens with zero attached hydrogens (tertiary/aromatic N) is 3. The van der Waals surface area contributed by atoms with E-state index in [9.17, 15) is 26.7 Å². The van der Waals surface area contributed by atoms with Gasteiger partial charge in [0.25, 0.3) is 0 Å². The van der Waals surface area contributed by atoms with Crippen LogP contribution in [0.3, 0.4) is 0 Å². The first kappa shape index (κ1) is 23.7. The minimum absolute atomic E-state index is 0.0214. The standard InChI is InChI=1S/C21H24F4N4O3S/c22-17-18(26-12-20(30)7-10-33(31,32)11-8-20)27-13-28-19(17)29-9-1-2-16(29)14-3-5-15(6-4-14)21(23,24)25/h3-6,13,16,30H,1-2,7-12H2,(H,26,27,28). The third-order valence-corrected chi connectivity index (χ3v) is 7.91. The van der Waals surface area contributed by atoms with E-state index in [1.807, 2.05) is 0 Å². The molecule has 1 unspecified atom stereocenters. The number of nitrogens with one attached hydrogen (secondary N) is 1. The Labute approximate surface area is 188 Å². The van der Waals surface area contributed by atoms with Crippen molar-refractivity contribution in [3.8, 4) is 0 Å². The summed E-state index contributed by atoms with van der Waals surface area (Å²) in [7, 11) is -3.16. The topological polar surface area (TPSA) is 95.4 Å². The summed E-state index contributed by atoms with van der Waals surface area (Å²) in [6.45, 7) is 0.402. The molecule has 0 spiro atoms. The van der Waals surface area contributed by atoms with Gasteiger partial charge in [0.05, 0.1) is 28.7 Å². The lowest BCUT2D eigenvalue weighted by molar-refractivity contribution is -0.137. The zero-order valence-electron chi connectivity index (χ0n) is 17.6. The minimum atomic E-state index is -4.43. The number of sulfone groups is 1. The Bertz CT molecular complexity index is 1100. The van der Waals surface area contributed by atoms with Crippen molar-refractivity contribution < 1.29 is 31.1 Å². The molecular formula is C21H24F4N4O3S. The van der Waals surface area contributed by atoms with Gasteiger partial charge in [0.1, 0.15) is 6.33 Å². The highest BCUT2D eigenvalue weighted by Gasteiger charge is 2.36. The highest BCUT2D eigenvalue weighted by atomic mass is 32.2. The molecule has 7 nitrogen and oxygen atoms in total. The van der Waals surface area contributed by atoms with Gasteiger partial charge in [-0.05, 0) is 43.4 Å². The van der Waals surface area contributed by atoms with Gasteiger partial charge in [0, 0.05) is 13.1 Å². The Balaban J connectivity index is 1.50. The van der Waals surface area contributed by atoms with Crippen LogP contribution >= 0.6 is 0 Å². The monoisotopic (exact) mass is 488 g/mol.